The van der Waals surface area contributed by atoms with E-state index in [0.29, 0.717) is 22.3 Å². The lowest BCUT2D eigenvalue weighted by Crippen LogP contribution is -2.07. The Labute approximate surface area is 126 Å². The summed E-state index contributed by atoms with van der Waals surface area (Å²) in [6.45, 7) is 0. The van der Waals surface area contributed by atoms with Gasteiger partial charge in [-0.25, -0.2) is 4.98 Å². The average Bonchev–Trinajstić information content (AvgIpc) is 3.10. The van der Waals surface area contributed by atoms with Crippen molar-refractivity contribution in [2.24, 2.45) is 0 Å². The quantitative estimate of drug-likeness (QED) is 0.877. The SMILES string of the molecule is N#Cc1cccc2c1nc(SCC(=O)O)n2C1CCCC1. The van der Waals surface area contributed by atoms with Crippen LogP contribution in [0.15, 0.2) is 23.4 Å². The van der Waals surface area contributed by atoms with Gasteiger partial charge in [0.15, 0.2) is 5.16 Å². The van der Waals surface area contributed by atoms with E-state index < -0.39 is 5.97 Å². The zero-order valence-corrected chi connectivity index (χ0v) is 12.3. The van der Waals surface area contributed by atoms with Gasteiger partial charge < -0.3 is 9.67 Å². The molecule has 1 aliphatic carbocycles. The van der Waals surface area contributed by atoms with Crippen LogP contribution in [0.4, 0.5) is 0 Å². The lowest BCUT2D eigenvalue weighted by Gasteiger charge is -2.15. The van der Waals surface area contributed by atoms with E-state index in [-0.39, 0.29) is 5.75 Å². The third kappa shape index (κ3) is 2.61. The molecule has 0 radical (unpaired) electrons. The van der Waals surface area contributed by atoms with Gasteiger partial charge in [0.1, 0.15) is 11.6 Å². The Balaban J connectivity index is 2.12. The molecule has 1 aromatic carbocycles. The zero-order chi connectivity index (χ0) is 14.8. The van der Waals surface area contributed by atoms with Gasteiger partial charge in [0.05, 0.1) is 16.8 Å². The van der Waals surface area contributed by atoms with Gasteiger partial charge in [-0.2, -0.15) is 5.26 Å². The first kappa shape index (κ1) is 14.0. The van der Waals surface area contributed by atoms with Crippen LogP contribution < -0.4 is 0 Å². The molecule has 1 heterocycles. The first-order valence-electron chi connectivity index (χ1n) is 6.96. The van der Waals surface area contributed by atoms with Gasteiger partial charge in [0, 0.05) is 6.04 Å². The van der Waals surface area contributed by atoms with Gasteiger partial charge in [-0.1, -0.05) is 30.7 Å². The molecule has 0 saturated heterocycles. The van der Waals surface area contributed by atoms with Crippen LogP contribution in [0.25, 0.3) is 11.0 Å². The number of fused-ring (bicyclic) bond motifs is 1. The predicted octanol–water partition coefficient (Wildman–Crippen LogP) is 3.20. The normalized spacial score (nSPS) is 15.4. The number of carboxylic acid groups (broad SMARTS) is 1. The standard InChI is InChI=1S/C15H15N3O2S/c16-8-10-4-3-7-12-14(10)17-15(21-9-13(19)20)18(12)11-5-1-2-6-11/h3-4,7,11H,1-2,5-6,9H2,(H,19,20). The molecule has 1 saturated carbocycles. The summed E-state index contributed by atoms with van der Waals surface area (Å²) in [6.07, 6.45) is 4.54. The molecule has 1 aliphatic rings. The topological polar surface area (TPSA) is 78.9 Å². The van der Waals surface area contributed by atoms with Gasteiger partial charge in [-0.15, -0.1) is 0 Å². The average molecular weight is 301 g/mol. The van der Waals surface area contributed by atoms with Crippen LogP contribution in [-0.4, -0.2) is 26.4 Å². The number of imidazole rings is 1. The largest absolute Gasteiger partial charge is 0.481 e. The van der Waals surface area contributed by atoms with Crippen molar-refractivity contribution in [1.29, 1.82) is 5.26 Å². The van der Waals surface area contributed by atoms with Crippen molar-refractivity contribution >= 4 is 28.8 Å². The number of carbonyl (C=O) groups is 1. The highest BCUT2D eigenvalue weighted by molar-refractivity contribution is 7.99. The first-order valence-corrected chi connectivity index (χ1v) is 7.95. The smallest absolute Gasteiger partial charge is 0.313 e. The molecular formula is C15H15N3O2S. The Bertz CT molecular complexity index is 726. The van der Waals surface area contributed by atoms with Crippen molar-refractivity contribution in [1.82, 2.24) is 9.55 Å². The highest BCUT2D eigenvalue weighted by atomic mass is 32.2. The number of carboxylic acids is 1. The summed E-state index contributed by atoms with van der Waals surface area (Å²) in [5.74, 6) is -0.872. The van der Waals surface area contributed by atoms with Crippen LogP contribution in [0.3, 0.4) is 0 Å². The maximum Gasteiger partial charge on any atom is 0.313 e. The van der Waals surface area contributed by atoms with Crippen LogP contribution in [0, 0.1) is 11.3 Å². The Hall–Kier alpha value is -2.00. The fraction of sp³-hybridized carbons (Fsp3) is 0.400. The second kappa shape index (κ2) is 5.78. The maximum absolute atomic E-state index is 10.8. The molecule has 21 heavy (non-hydrogen) atoms. The fourth-order valence-corrected chi connectivity index (χ4v) is 3.72. The maximum atomic E-state index is 10.8. The number of aromatic nitrogens is 2. The third-order valence-electron chi connectivity index (χ3n) is 3.82. The third-order valence-corrected chi connectivity index (χ3v) is 4.76. The lowest BCUT2D eigenvalue weighted by molar-refractivity contribution is -0.133. The van der Waals surface area contributed by atoms with Crippen LogP contribution in [0.5, 0.6) is 0 Å². The molecule has 5 nitrogen and oxygen atoms in total. The molecular weight excluding hydrogens is 286 g/mol. The van der Waals surface area contributed by atoms with Gasteiger partial charge >= 0.3 is 5.97 Å². The number of nitriles is 1. The van der Waals surface area contributed by atoms with E-state index in [9.17, 15) is 10.1 Å². The summed E-state index contributed by atoms with van der Waals surface area (Å²) in [5, 5.41) is 18.8. The molecule has 1 fully saturated rings. The minimum atomic E-state index is -0.856. The van der Waals surface area contributed by atoms with Crippen molar-refractivity contribution in [3.63, 3.8) is 0 Å². The second-order valence-corrected chi connectivity index (χ2v) is 6.11. The number of hydrogen-bond acceptors (Lipinski definition) is 4. The van der Waals surface area contributed by atoms with E-state index in [1.54, 1.807) is 6.07 Å². The molecule has 6 heteroatoms. The van der Waals surface area contributed by atoms with Crippen LogP contribution in [0.1, 0.15) is 37.3 Å². The van der Waals surface area contributed by atoms with Gasteiger partial charge in [-0.3, -0.25) is 4.79 Å². The molecule has 0 aliphatic heterocycles. The minimum Gasteiger partial charge on any atom is -0.481 e. The van der Waals surface area contributed by atoms with Gasteiger partial charge in [0.25, 0.3) is 0 Å². The van der Waals surface area contributed by atoms with E-state index in [0.717, 1.165) is 18.4 Å². The second-order valence-electron chi connectivity index (χ2n) is 5.17. The first-order chi connectivity index (χ1) is 10.2. The number of nitrogens with zero attached hydrogens (tertiary/aromatic N) is 3. The summed E-state index contributed by atoms with van der Waals surface area (Å²) in [6, 6.07) is 8.10. The van der Waals surface area contributed by atoms with E-state index >= 15 is 0 Å². The van der Waals surface area contributed by atoms with Crippen LogP contribution in [-0.2, 0) is 4.79 Å². The Morgan fingerprint density at radius 1 is 1.48 bits per heavy atom. The molecule has 1 aromatic heterocycles. The van der Waals surface area contributed by atoms with Crippen molar-refractivity contribution in [2.75, 3.05) is 5.75 Å². The summed E-state index contributed by atoms with van der Waals surface area (Å²) in [7, 11) is 0. The van der Waals surface area contributed by atoms with Gasteiger partial charge in [-0.05, 0) is 25.0 Å². The fourth-order valence-electron chi connectivity index (χ4n) is 2.93. The Kier molecular flexibility index (Phi) is 3.84. The van der Waals surface area contributed by atoms with E-state index in [4.69, 9.17) is 5.11 Å². The molecule has 0 unspecified atom stereocenters. The molecule has 108 valence electrons. The van der Waals surface area contributed by atoms with Crippen LogP contribution in [0.2, 0.25) is 0 Å². The monoisotopic (exact) mass is 301 g/mol. The molecule has 2 aromatic rings. The molecule has 0 amide bonds. The lowest BCUT2D eigenvalue weighted by atomic mass is 10.2. The number of rotatable bonds is 4. The number of benzene rings is 1. The van der Waals surface area contributed by atoms with Gasteiger partial charge in [0.2, 0.25) is 0 Å². The molecule has 3 rings (SSSR count). The number of aliphatic carboxylic acids is 1. The van der Waals surface area contributed by atoms with Crippen LogP contribution >= 0.6 is 11.8 Å². The van der Waals surface area contributed by atoms with Crippen molar-refractivity contribution < 1.29 is 9.90 Å². The van der Waals surface area contributed by atoms with Crippen molar-refractivity contribution in [3.05, 3.63) is 23.8 Å². The Morgan fingerprint density at radius 2 is 2.24 bits per heavy atom. The summed E-state index contributed by atoms with van der Waals surface area (Å²) in [4.78, 5) is 15.4. The van der Waals surface area contributed by atoms with E-state index in [1.807, 2.05) is 12.1 Å². The Morgan fingerprint density at radius 3 is 2.90 bits per heavy atom. The molecule has 0 atom stereocenters. The summed E-state index contributed by atoms with van der Waals surface area (Å²) in [5.41, 5.74) is 2.16. The molecule has 0 bridgehead atoms. The molecule has 0 spiro atoms. The summed E-state index contributed by atoms with van der Waals surface area (Å²) < 4.78 is 2.14. The van der Waals surface area contributed by atoms with E-state index in [1.165, 1.54) is 24.6 Å². The zero-order valence-electron chi connectivity index (χ0n) is 11.5. The summed E-state index contributed by atoms with van der Waals surface area (Å²) >= 11 is 1.23. The predicted molar refractivity (Wildman–Crippen MR) is 80.3 cm³/mol. The molecule has 1 N–H and O–H groups in total. The minimum absolute atomic E-state index is 0.0159. The number of thioether (sulfide) groups is 1. The van der Waals surface area contributed by atoms with E-state index in [2.05, 4.69) is 15.6 Å². The number of para-hydroxylation sites is 1. The van der Waals surface area contributed by atoms with Crippen molar-refractivity contribution in [3.8, 4) is 6.07 Å². The van der Waals surface area contributed by atoms with Crippen molar-refractivity contribution in [2.45, 2.75) is 36.9 Å². The number of hydrogen-bond donors (Lipinski definition) is 1. The highest BCUT2D eigenvalue weighted by Gasteiger charge is 2.24. The highest BCUT2D eigenvalue weighted by Crippen LogP contribution is 2.37.